The Kier molecular flexibility index (Phi) is 7.40. The second-order valence-electron chi connectivity index (χ2n) is 5.20. The van der Waals surface area contributed by atoms with Crippen LogP contribution < -0.4 is 0 Å². The lowest BCUT2D eigenvalue weighted by molar-refractivity contribution is 0.103. The number of hydrogen-bond donors (Lipinski definition) is 1. The SMILES string of the molecule is C=CC(C)(O)CCC=C(C)CCC(C)CC. The van der Waals surface area contributed by atoms with Crippen molar-refractivity contribution in [3.63, 3.8) is 0 Å². The molecule has 0 heterocycles. The molecular weight excluding hydrogens is 196 g/mol. The quantitative estimate of drug-likeness (QED) is 0.603. The molecule has 0 aromatic carbocycles. The normalized spacial score (nSPS) is 17.9. The first kappa shape index (κ1) is 15.4. The molecule has 0 saturated carbocycles. The van der Waals surface area contributed by atoms with Gasteiger partial charge in [-0.25, -0.2) is 0 Å². The molecular formula is C15H28O. The van der Waals surface area contributed by atoms with Crippen LogP contribution in [0.2, 0.25) is 0 Å². The topological polar surface area (TPSA) is 20.2 Å². The van der Waals surface area contributed by atoms with E-state index in [1.54, 1.807) is 6.08 Å². The predicted molar refractivity (Wildman–Crippen MR) is 72.5 cm³/mol. The van der Waals surface area contributed by atoms with Gasteiger partial charge in [0, 0.05) is 0 Å². The van der Waals surface area contributed by atoms with E-state index in [4.69, 9.17) is 0 Å². The lowest BCUT2D eigenvalue weighted by Crippen LogP contribution is -2.19. The molecule has 0 rings (SSSR count). The minimum absolute atomic E-state index is 0.715. The van der Waals surface area contributed by atoms with Crippen LogP contribution in [0.25, 0.3) is 0 Å². The average molecular weight is 224 g/mol. The third kappa shape index (κ3) is 7.70. The third-order valence-electron chi connectivity index (χ3n) is 3.31. The highest BCUT2D eigenvalue weighted by Gasteiger charge is 2.13. The lowest BCUT2D eigenvalue weighted by atomic mass is 9.97. The van der Waals surface area contributed by atoms with Gasteiger partial charge in [0.2, 0.25) is 0 Å². The van der Waals surface area contributed by atoms with Crippen LogP contribution in [0, 0.1) is 5.92 Å². The molecule has 16 heavy (non-hydrogen) atoms. The Labute approximate surface area is 101 Å². The van der Waals surface area contributed by atoms with Gasteiger partial charge in [0.1, 0.15) is 0 Å². The van der Waals surface area contributed by atoms with Gasteiger partial charge in [0.15, 0.2) is 0 Å². The van der Waals surface area contributed by atoms with Crippen LogP contribution in [0.15, 0.2) is 24.3 Å². The van der Waals surface area contributed by atoms with Crippen molar-refractivity contribution in [3.8, 4) is 0 Å². The van der Waals surface area contributed by atoms with Crippen molar-refractivity contribution in [2.24, 2.45) is 5.92 Å². The summed E-state index contributed by atoms with van der Waals surface area (Å²) < 4.78 is 0. The van der Waals surface area contributed by atoms with Crippen molar-refractivity contribution in [2.45, 2.75) is 65.4 Å². The third-order valence-corrected chi connectivity index (χ3v) is 3.31. The summed E-state index contributed by atoms with van der Waals surface area (Å²) in [6.07, 6.45) is 9.29. The second-order valence-corrected chi connectivity index (χ2v) is 5.20. The van der Waals surface area contributed by atoms with E-state index in [-0.39, 0.29) is 0 Å². The van der Waals surface area contributed by atoms with E-state index in [0.717, 1.165) is 18.8 Å². The van der Waals surface area contributed by atoms with Crippen LogP contribution in [0.3, 0.4) is 0 Å². The maximum Gasteiger partial charge on any atom is 0.0800 e. The van der Waals surface area contributed by atoms with E-state index in [0.29, 0.717) is 0 Å². The van der Waals surface area contributed by atoms with E-state index in [1.807, 2.05) is 6.92 Å². The Morgan fingerprint density at radius 3 is 2.62 bits per heavy atom. The molecule has 0 amide bonds. The van der Waals surface area contributed by atoms with E-state index in [9.17, 15) is 5.11 Å². The fraction of sp³-hybridized carbons (Fsp3) is 0.733. The molecule has 0 aromatic heterocycles. The van der Waals surface area contributed by atoms with Crippen LogP contribution in [0.5, 0.6) is 0 Å². The molecule has 2 atom stereocenters. The fourth-order valence-corrected chi connectivity index (χ4v) is 1.49. The number of rotatable bonds is 8. The molecule has 0 bridgehead atoms. The summed E-state index contributed by atoms with van der Waals surface area (Å²) in [4.78, 5) is 0. The van der Waals surface area contributed by atoms with Gasteiger partial charge in [0.25, 0.3) is 0 Å². The Balaban J connectivity index is 3.83. The van der Waals surface area contributed by atoms with Gasteiger partial charge in [-0.05, 0) is 45.4 Å². The van der Waals surface area contributed by atoms with Crippen molar-refractivity contribution in [2.75, 3.05) is 0 Å². The highest BCUT2D eigenvalue weighted by molar-refractivity contribution is 5.00. The van der Waals surface area contributed by atoms with Gasteiger partial charge >= 0.3 is 0 Å². The summed E-state index contributed by atoms with van der Waals surface area (Å²) in [5.41, 5.74) is 0.730. The molecule has 0 aliphatic rings. The molecule has 0 fully saturated rings. The highest BCUT2D eigenvalue weighted by Crippen LogP contribution is 2.17. The standard InChI is InChI=1S/C15H28O/c1-6-13(3)10-11-14(4)9-8-12-15(5,16)7-2/h7,9,13,16H,2,6,8,10-12H2,1,3-5H3. The molecule has 0 aliphatic heterocycles. The molecule has 1 heteroatoms. The van der Waals surface area contributed by atoms with Crippen molar-refractivity contribution in [1.29, 1.82) is 0 Å². The van der Waals surface area contributed by atoms with Gasteiger partial charge in [0.05, 0.1) is 5.60 Å². The van der Waals surface area contributed by atoms with E-state index >= 15 is 0 Å². The zero-order valence-corrected chi connectivity index (χ0v) is 11.4. The average Bonchev–Trinajstić information content (AvgIpc) is 2.25. The summed E-state index contributed by atoms with van der Waals surface area (Å²) in [5, 5.41) is 9.74. The highest BCUT2D eigenvalue weighted by atomic mass is 16.3. The van der Waals surface area contributed by atoms with Gasteiger partial charge in [-0.2, -0.15) is 0 Å². The molecule has 0 spiro atoms. The minimum atomic E-state index is -0.715. The summed E-state index contributed by atoms with van der Waals surface area (Å²) in [6.45, 7) is 12.2. The number of allylic oxidation sites excluding steroid dienone is 2. The van der Waals surface area contributed by atoms with E-state index in [1.165, 1.54) is 24.8 Å². The van der Waals surface area contributed by atoms with Crippen LogP contribution in [-0.2, 0) is 0 Å². The molecule has 0 saturated heterocycles. The van der Waals surface area contributed by atoms with Crippen molar-refractivity contribution in [3.05, 3.63) is 24.3 Å². The summed E-state index contributed by atoms with van der Waals surface area (Å²) in [7, 11) is 0. The predicted octanol–water partition coefficient (Wildman–Crippen LogP) is 4.48. The monoisotopic (exact) mass is 224 g/mol. The van der Waals surface area contributed by atoms with Crippen LogP contribution in [0.4, 0.5) is 0 Å². The molecule has 0 aromatic rings. The van der Waals surface area contributed by atoms with Crippen molar-refractivity contribution in [1.82, 2.24) is 0 Å². The van der Waals surface area contributed by atoms with Gasteiger partial charge in [-0.1, -0.05) is 38.0 Å². The lowest BCUT2D eigenvalue weighted by Gasteiger charge is -2.17. The largest absolute Gasteiger partial charge is 0.386 e. The van der Waals surface area contributed by atoms with E-state index < -0.39 is 5.60 Å². The molecule has 0 radical (unpaired) electrons. The Morgan fingerprint density at radius 2 is 2.12 bits per heavy atom. The van der Waals surface area contributed by atoms with Crippen LogP contribution in [0.1, 0.15) is 59.8 Å². The maximum atomic E-state index is 9.74. The second kappa shape index (κ2) is 7.67. The maximum absolute atomic E-state index is 9.74. The molecule has 2 unspecified atom stereocenters. The Bertz CT molecular complexity index is 226. The van der Waals surface area contributed by atoms with Gasteiger partial charge < -0.3 is 5.11 Å². The van der Waals surface area contributed by atoms with Crippen LogP contribution in [-0.4, -0.2) is 10.7 Å². The first-order chi connectivity index (χ1) is 7.41. The smallest absolute Gasteiger partial charge is 0.0800 e. The van der Waals surface area contributed by atoms with Crippen molar-refractivity contribution >= 4 is 0 Å². The zero-order valence-electron chi connectivity index (χ0n) is 11.4. The number of hydrogen-bond acceptors (Lipinski definition) is 1. The first-order valence-corrected chi connectivity index (χ1v) is 6.43. The summed E-state index contributed by atoms with van der Waals surface area (Å²) >= 11 is 0. The first-order valence-electron chi connectivity index (χ1n) is 6.43. The van der Waals surface area contributed by atoms with E-state index in [2.05, 4.69) is 33.4 Å². The summed E-state index contributed by atoms with van der Waals surface area (Å²) in [6, 6.07) is 0. The molecule has 1 N–H and O–H groups in total. The van der Waals surface area contributed by atoms with Gasteiger partial charge in [-0.15, -0.1) is 6.58 Å². The summed E-state index contributed by atoms with van der Waals surface area (Å²) in [5.74, 6) is 0.819. The molecule has 94 valence electrons. The Morgan fingerprint density at radius 1 is 1.50 bits per heavy atom. The van der Waals surface area contributed by atoms with Gasteiger partial charge in [-0.3, -0.25) is 0 Å². The van der Waals surface area contributed by atoms with Crippen LogP contribution >= 0.6 is 0 Å². The fourth-order valence-electron chi connectivity index (χ4n) is 1.49. The van der Waals surface area contributed by atoms with Crippen molar-refractivity contribution < 1.29 is 5.11 Å². The molecule has 1 nitrogen and oxygen atoms in total. The number of aliphatic hydroxyl groups is 1. The Hall–Kier alpha value is -0.560. The zero-order chi connectivity index (χ0) is 12.6. The minimum Gasteiger partial charge on any atom is -0.386 e. The molecule has 0 aliphatic carbocycles.